The summed E-state index contributed by atoms with van der Waals surface area (Å²) in [5.41, 5.74) is 1.48. The third-order valence-electron chi connectivity index (χ3n) is 4.32. The van der Waals surface area contributed by atoms with Crippen LogP contribution >= 0.6 is 0 Å². The quantitative estimate of drug-likeness (QED) is 0.857. The SMILES string of the molecule is Cc1ncccc1C(=O)N1CC[C@@H](N(C)Cc2ncccn2)C1. The first kappa shape index (κ1) is 15.6. The van der Waals surface area contributed by atoms with E-state index >= 15 is 0 Å². The summed E-state index contributed by atoms with van der Waals surface area (Å²) in [6, 6.07) is 5.81. The lowest BCUT2D eigenvalue weighted by atomic mass is 10.2. The van der Waals surface area contributed by atoms with Gasteiger partial charge in [-0.15, -0.1) is 0 Å². The molecule has 0 radical (unpaired) electrons. The van der Waals surface area contributed by atoms with Gasteiger partial charge in [0.1, 0.15) is 5.82 Å². The van der Waals surface area contributed by atoms with Crippen molar-refractivity contribution in [3.8, 4) is 0 Å². The van der Waals surface area contributed by atoms with E-state index in [1.165, 1.54) is 0 Å². The predicted molar refractivity (Wildman–Crippen MR) is 86.8 cm³/mol. The summed E-state index contributed by atoms with van der Waals surface area (Å²) in [6.07, 6.45) is 6.19. The summed E-state index contributed by atoms with van der Waals surface area (Å²) in [5.74, 6) is 0.880. The number of likely N-dealkylation sites (N-methyl/N-ethyl adjacent to an activating group) is 1. The van der Waals surface area contributed by atoms with Gasteiger partial charge in [0, 0.05) is 43.4 Å². The molecule has 0 saturated carbocycles. The van der Waals surface area contributed by atoms with Gasteiger partial charge in [0.25, 0.3) is 5.91 Å². The first-order chi connectivity index (χ1) is 11.1. The molecule has 1 saturated heterocycles. The van der Waals surface area contributed by atoms with Gasteiger partial charge in [-0.25, -0.2) is 9.97 Å². The molecule has 6 nitrogen and oxygen atoms in total. The van der Waals surface area contributed by atoms with Crippen LogP contribution in [0.5, 0.6) is 0 Å². The van der Waals surface area contributed by atoms with Gasteiger partial charge in [0.15, 0.2) is 0 Å². The molecule has 3 rings (SSSR count). The molecule has 0 aromatic carbocycles. The zero-order chi connectivity index (χ0) is 16.2. The minimum Gasteiger partial charge on any atom is -0.337 e. The molecule has 23 heavy (non-hydrogen) atoms. The Balaban J connectivity index is 1.62. The smallest absolute Gasteiger partial charge is 0.255 e. The van der Waals surface area contributed by atoms with E-state index in [0.717, 1.165) is 31.0 Å². The Morgan fingerprint density at radius 1 is 1.26 bits per heavy atom. The van der Waals surface area contributed by atoms with Crippen LogP contribution in [0.3, 0.4) is 0 Å². The third kappa shape index (κ3) is 3.53. The Kier molecular flexibility index (Phi) is 4.62. The van der Waals surface area contributed by atoms with Crippen molar-refractivity contribution in [3.05, 3.63) is 53.9 Å². The summed E-state index contributed by atoms with van der Waals surface area (Å²) in [6.45, 7) is 4.08. The van der Waals surface area contributed by atoms with Crippen molar-refractivity contribution in [2.75, 3.05) is 20.1 Å². The highest BCUT2D eigenvalue weighted by molar-refractivity contribution is 5.95. The van der Waals surface area contributed by atoms with Gasteiger partial charge >= 0.3 is 0 Å². The van der Waals surface area contributed by atoms with Crippen LogP contribution in [0.4, 0.5) is 0 Å². The van der Waals surface area contributed by atoms with Crippen molar-refractivity contribution < 1.29 is 4.79 Å². The highest BCUT2D eigenvalue weighted by Crippen LogP contribution is 2.19. The molecule has 0 N–H and O–H groups in total. The molecule has 0 spiro atoms. The Bertz CT molecular complexity index is 676. The van der Waals surface area contributed by atoms with Crippen LogP contribution in [0, 0.1) is 6.92 Å². The topological polar surface area (TPSA) is 62.2 Å². The molecule has 1 atom stereocenters. The molecule has 1 amide bonds. The Labute approximate surface area is 136 Å². The first-order valence-corrected chi connectivity index (χ1v) is 7.82. The molecular formula is C17H21N5O. The Morgan fingerprint density at radius 3 is 2.74 bits per heavy atom. The van der Waals surface area contributed by atoms with E-state index in [4.69, 9.17) is 0 Å². The van der Waals surface area contributed by atoms with Crippen LogP contribution in [0.1, 0.15) is 28.3 Å². The first-order valence-electron chi connectivity index (χ1n) is 7.82. The summed E-state index contributed by atoms with van der Waals surface area (Å²) in [5, 5.41) is 0. The molecule has 0 aliphatic carbocycles. The van der Waals surface area contributed by atoms with Gasteiger partial charge in [-0.1, -0.05) is 0 Å². The highest BCUT2D eigenvalue weighted by Gasteiger charge is 2.30. The number of amides is 1. The van der Waals surface area contributed by atoms with Crippen LogP contribution in [-0.2, 0) is 6.54 Å². The van der Waals surface area contributed by atoms with Crippen LogP contribution in [0.15, 0.2) is 36.8 Å². The number of likely N-dealkylation sites (tertiary alicyclic amines) is 1. The Morgan fingerprint density at radius 2 is 2.00 bits per heavy atom. The molecule has 3 heterocycles. The number of hydrogen-bond donors (Lipinski definition) is 0. The maximum Gasteiger partial charge on any atom is 0.255 e. The maximum atomic E-state index is 12.6. The summed E-state index contributed by atoms with van der Waals surface area (Å²) in [7, 11) is 2.06. The molecule has 6 heteroatoms. The van der Waals surface area contributed by atoms with Crippen molar-refractivity contribution in [1.82, 2.24) is 24.8 Å². The van der Waals surface area contributed by atoms with E-state index in [2.05, 4.69) is 26.9 Å². The van der Waals surface area contributed by atoms with E-state index < -0.39 is 0 Å². The van der Waals surface area contributed by atoms with Crippen LogP contribution in [0.2, 0.25) is 0 Å². The van der Waals surface area contributed by atoms with Gasteiger partial charge < -0.3 is 4.90 Å². The number of carbonyl (C=O) groups excluding carboxylic acids is 1. The maximum absolute atomic E-state index is 12.6. The second kappa shape index (κ2) is 6.83. The number of carbonyl (C=O) groups is 1. The van der Waals surface area contributed by atoms with Gasteiger partial charge in [-0.05, 0) is 38.6 Å². The minimum atomic E-state index is 0.0717. The van der Waals surface area contributed by atoms with E-state index in [1.807, 2.05) is 30.0 Å². The van der Waals surface area contributed by atoms with Crippen molar-refractivity contribution in [1.29, 1.82) is 0 Å². The lowest BCUT2D eigenvalue weighted by Crippen LogP contribution is -2.36. The van der Waals surface area contributed by atoms with Gasteiger partial charge in [0.2, 0.25) is 0 Å². The fourth-order valence-electron chi connectivity index (χ4n) is 2.93. The molecule has 1 aliphatic rings. The molecule has 0 bridgehead atoms. The summed E-state index contributed by atoms with van der Waals surface area (Å²) in [4.78, 5) is 29.5. The fraction of sp³-hybridized carbons (Fsp3) is 0.412. The molecule has 1 aliphatic heterocycles. The average Bonchev–Trinajstić information content (AvgIpc) is 3.06. The second-order valence-corrected chi connectivity index (χ2v) is 5.91. The third-order valence-corrected chi connectivity index (χ3v) is 4.32. The minimum absolute atomic E-state index is 0.0717. The van der Waals surface area contributed by atoms with Gasteiger partial charge in [0.05, 0.1) is 12.1 Å². The van der Waals surface area contributed by atoms with Crippen molar-refractivity contribution in [2.24, 2.45) is 0 Å². The summed E-state index contributed by atoms with van der Waals surface area (Å²) < 4.78 is 0. The molecule has 2 aromatic heterocycles. The van der Waals surface area contributed by atoms with Crippen molar-refractivity contribution in [3.63, 3.8) is 0 Å². The van der Waals surface area contributed by atoms with E-state index in [-0.39, 0.29) is 5.91 Å². The monoisotopic (exact) mass is 311 g/mol. The highest BCUT2D eigenvalue weighted by atomic mass is 16.2. The number of pyridine rings is 1. The van der Waals surface area contributed by atoms with E-state index in [1.54, 1.807) is 18.6 Å². The number of aryl methyl sites for hydroxylation is 1. The van der Waals surface area contributed by atoms with E-state index in [0.29, 0.717) is 18.2 Å². The standard InChI is InChI=1S/C17H21N5O/c1-13-15(5-3-7-18-13)17(23)22-10-6-14(11-22)21(2)12-16-19-8-4-9-20-16/h3-5,7-9,14H,6,10-12H2,1-2H3/t14-/m1/s1. The van der Waals surface area contributed by atoms with Crippen LogP contribution in [-0.4, -0.2) is 56.8 Å². The van der Waals surface area contributed by atoms with E-state index in [9.17, 15) is 4.79 Å². The lowest BCUT2D eigenvalue weighted by Gasteiger charge is -2.24. The number of aromatic nitrogens is 3. The average molecular weight is 311 g/mol. The number of rotatable bonds is 4. The molecule has 0 unspecified atom stereocenters. The second-order valence-electron chi connectivity index (χ2n) is 5.91. The fourth-order valence-corrected chi connectivity index (χ4v) is 2.93. The Hall–Kier alpha value is -2.34. The normalized spacial score (nSPS) is 17.7. The zero-order valence-electron chi connectivity index (χ0n) is 13.5. The zero-order valence-corrected chi connectivity index (χ0v) is 13.5. The predicted octanol–water partition coefficient (Wildman–Crippen LogP) is 1.53. The molecular weight excluding hydrogens is 290 g/mol. The van der Waals surface area contributed by atoms with Gasteiger partial charge in [-0.2, -0.15) is 0 Å². The largest absolute Gasteiger partial charge is 0.337 e. The van der Waals surface area contributed by atoms with Crippen molar-refractivity contribution >= 4 is 5.91 Å². The van der Waals surface area contributed by atoms with Gasteiger partial charge in [-0.3, -0.25) is 14.7 Å². The summed E-state index contributed by atoms with van der Waals surface area (Å²) >= 11 is 0. The molecule has 120 valence electrons. The number of nitrogens with zero attached hydrogens (tertiary/aromatic N) is 5. The molecule has 2 aromatic rings. The number of hydrogen-bond acceptors (Lipinski definition) is 5. The van der Waals surface area contributed by atoms with Crippen molar-refractivity contribution in [2.45, 2.75) is 25.9 Å². The van der Waals surface area contributed by atoms with Crippen LogP contribution < -0.4 is 0 Å². The lowest BCUT2D eigenvalue weighted by molar-refractivity contribution is 0.0778. The molecule has 1 fully saturated rings. The van der Waals surface area contributed by atoms with Crippen LogP contribution in [0.25, 0.3) is 0 Å².